The van der Waals surface area contributed by atoms with Crippen LogP contribution in [0.25, 0.3) is 0 Å². The van der Waals surface area contributed by atoms with Gasteiger partial charge in [0.15, 0.2) is 0 Å². The molecule has 1 heterocycles. The van der Waals surface area contributed by atoms with E-state index in [1.807, 2.05) is 45.0 Å². The molecule has 1 aromatic carbocycles. The second-order valence-electron chi connectivity index (χ2n) is 7.34. The molecule has 0 aromatic heterocycles. The van der Waals surface area contributed by atoms with Crippen molar-refractivity contribution < 1.29 is 19.4 Å². The van der Waals surface area contributed by atoms with Gasteiger partial charge in [-0.05, 0) is 50.0 Å². The summed E-state index contributed by atoms with van der Waals surface area (Å²) in [5, 5.41) is 9.04. The summed E-state index contributed by atoms with van der Waals surface area (Å²) in [5.41, 5.74) is 1.34. The van der Waals surface area contributed by atoms with Gasteiger partial charge in [-0.15, -0.1) is 0 Å². The minimum atomic E-state index is -1.28. The van der Waals surface area contributed by atoms with Crippen LogP contribution in [0.15, 0.2) is 24.3 Å². The van der Waals surface area contributed by atoms with Gasteiger partial charge >= 0.3 is 6.16 Å². The first kappa shape index (κ1) is 19.4. The monoisotopic (exact) mass is 347 g/mol. The van der Waals surface area contributed by atoms with E-state index in [9.17, 15) is 9.59 Å². The van der Waals surface area contributed by atoms with E-state index in [1.54, 1.807) is 0 Å². The summed E-state index contributed by atoms with van der Waals surface area (Å²) in [6.45, 7) is 7.55. The van der Waals surface area contributed by atoms with E-state index >= 15 is 0 Å². The van der Waals surface area contributed by atoms with Gasteiger partial charge in [0.1, 0.15) is 11.9 Å². The molecule has 1 saturated heterocycles. The summed E-state index contributed by atoms with van der Waals surface area (Å²) >= 11 is 0. The number of ether oxygens (including phenoxy) is 1. The van der Waals surface area contributed by atoms with Gasteiger partial charge in [0, 0.05) is 6.42 Å². The van der Waals surface area contributed by atoms with Gasteiger partial charge < -0.3 is 14.7 Å². The Morgan fingerprint density at radius 2 is 1.92 bits per heavy atom. The van der Waals surface area contributed by atoms with Crippen LogP contribution in [0.4, 0.5) is 4.79 Å². The Morgan fingerprint density at radius 3 is 2.44 bits per heavy atom. The van der Waals surface area contributed by atoms with E-state index in [0.29, 0.717) is 6.42 Å². The van der Waals surface area contributed by atoms with Gasteiger partial charge in [-0.1, -0.05) is 45.0 Å². The zero-order valence-electron chi connectivity index (χ0n) is 15.6. The zero-order valence-corrected chi connectivity index (χ0v) is 15.6. The molecule has 1 N–H and O–H groups in total. The predicted molar refractivity (Wildman–Crippen MR) is 96.8 cm³/mol. The molecule has 1 aromatic rings. The third-order valence-corrected chi connectivity index (χ3v) is 5.30. The maximum Gasteiger partial charge on any atom is 0.506 e. The average Bonchev–Trinajstić information content (AvgIpc) is 2.59. The highest BCUT2D eigenvalue weighted by atomic mass is 16.7. The van der Waals surface area contributed by atoms with Crippen LogP contribution in [-0.2, 0) is 14.9 Å². The van der Waals surface area contributed by atoms with Crippen molar-refractivity contribution in [2.45, 2.75) is 51.6 Å². The molecule has 0 amide bonds. The smallest absolute Gasteiger partial charge is 0.450 e. The molecule has 5 heteroatoms. The molecule has 5 nitrogen and oxygen atoms in total. The Labute approximate surface area is 150 Å². The summed E-state index contributed by atoms with van der Waals surface area (Å²) < 4.78 is 5.10. The van der Waals surface area contributed by atoms with Crippen LogP contribution in [-0.4, -0.2) is 42.1 Å². The van der Waals surface area contributed by atoms with Crippen LogP contribution in [0, 0.1) is 5.92 Å². The fraction of sp³-hybridized carbons (Fsp3) is 0.600. The molecular formula is C20H29NO4. The Balaban J connectivity index is 2.43. The summed E-state index contributed by atoms with van der Waals surface area (Å²) in [5.74, 6) is 0.277. The van der Waals surface area contributed by atoms with Crippen LogP contribution in [0.2, 0.25) is 0 Å². The first-order valence-electron chi connectivity index (χ1n) is 9.02. The second kappa shape index (κ2) is 8.00. The molecule has 0 radical (unpaired) electrons. The van der Waals surface area contributed by atoms with E-state index in [4.69, 9.17) is 9.84 Å². The van der Waals surface area contributed by atoms with E-state index in [1.165, 1.54) is 0 Å². The number of carboxylic acid groups (broad SMARTS) is 1. The largest absolute Gasteiger partial charge is 0.506 e. The van der Waals surface area contributed by atoms with Crippen molar-refractivity contribution in [3.05, 3.63) is 35.4 Å². The predicted octanol–water partition coefficient (Wildman–Crippen LogP) is 4.02. The molecule has 0 aliphatic carbocycles. The van der Waals surface area contributed by atoms with Crippen LogP contribution in [0.5, 0.6) is 0 Å². The Bertz CT molecular complexity index is 618. The minimum absolute atomic E-state index is 0.0154. The first-order chi connectivity index (χ1) is 11.8. The third-order valence-electron chi connectivity index (χ3n) is 5.30. The van der Waals surface area contributed by atoms with Crippen LogP contribution in [0.1, 0.15) is 57.3 Å². The number of hydrogen-bond donors (Lipinski definition) is 1. The Hall–Kier alpha value is -1.88. The van der Waals surface area contributed by atoms with Gasteiger partial charge in [0.25, 0.3) is 0 Å². The van der Waals surface area contributed by atoms with Gasteiger partial charge in [-0.3, -0.25) is 4.79 Å². The highest BCUT2D eigenvalue weighted by molar-refractivity contribution is 5.90. The first-order valence-corrected chi connectivity index (χ1v) is 9.02. The van der Waals surface area contributed by atoms with E-state index < -0.39 is 17.7 Å². The number of hydrogen-bond acceptors (Lipinski definition) is 4. The Morgan fingerprint density at radius 1 is 1.28 bits per heavy atom. The van der Waals surface area contributed by atoms with Gasteiger partial charge in [-0.25, -0.2) is 4.79 Å². The number of carbonyl (C=O) groups excluding carboxylic acids is 1. The lowest BCUT2D eigenvalue weighted by Crippen LogP contribution is -2.46. The molecule has 0 spiro atoms. The number of piperidine rings is 1. The van der Waals surface area contributed by atoms with E-state index in [-0.39, 0.29) is 11.7 Å². The minimum Gasteiger partial charge on any atom is -0.450 e. The van der Waals surface area contributed by atoms with Crippen molar-refractivity contribution in [3.63, 3.8) is 0 Å². The van der Waals surface area contributed by atoms with Crippen molar-refractivity contribution in [2.24, 2.45) is 5.92 Å². The van der Waals surface area contributed by atoms with Gasteiger partial charge in [0.2, 0.25) is 0 Å². The average molecular weight is 347 g/mol. The van der Waals surface area contributed by atoms with Crippen LogP contribution in [0.3, 0.4) is 0 Å². The van der Waals surface area contributed by atoms with Crippen molar-refractivity contribution >= 4 is 11.9 Å². The molecule has 1 aliphatic heterocycles. The SMILES string of the molecule is CCC(=O)C1(c2cccc(C(OC(=O)O)C(C)C)c2)CCN(C)CC1. The van der Waals surface area contributed by atoms with Gasteiger partial charge in [-0.2, -0.15) is 0 Å². The molecule has 0 saturated carbocycles. The van der Waals surface area contributed by atoms with E-state index in [2.05, 4.69) is 11.9 Å². The molecule has 1 atom stereocenters. The number of benzene rings is 1. The molecule has 1 fully saturated rings. The number of carbonyl (C=O) groups is 2. The highest BCUT2D eigenvalue weighted by Crippen LogP contribution is 2.39. The fourth-order valence-corrected chi connectivity index (χ4v) is 3.78. The van der Waals surface area contributed by atoms with Crippen molar-refractivity contribution in [1.82, 2.24) is 4.90 Å². The molecule has 1 unspecified atom stereocenters. The maximum atomic E-state index is 12.8. The number of Topliss-reactive ketones (excluding diaryl/α,β-unsaturated/α-hetero) is 1. The highest BCUT2D eigenvalue weighted by Gasteiger charge is 2.41. The van der Waals surface area contributed by atoms with Crippen LogP contribution >= 0.6 is 0 Å². The molecule has 25 heavy (non-hydrogen) atoms. The number of nitrogens with zero attached hydrogens (tertiary/aromatic N) is 1. The molecule has 1 aliphatic rings. The summed E-state index contributed by atoms with van der Waals surface area (Å²) in [6.07, 6.45) is 0.297. The Kier molecular flexibility index (Phi) is 6.22. The zero-order chi connectivity index (χ0) is 18.6. The van der Waals surface area contributed by atoms with E-state index in [0.717, 1.165) is 37.1 Å². The molecule has 2 rings (SSSR count). The fourth-order valence-electron chi connectivity index (χ4n) is 3.78. The van der Waals surface area contributed by atoms with Gasteiger partial charge in [0.05, 0.1) is 5.41 Å². The normalized spacial score (nSPS) is 18.8. The summed E-state index contributed by atoms with van der Waals surface area (Å²) in [7, 11) is 2.08. The van der Waals surface area contributed by atoms with Crippen molar-refractivity contribution in [2.75, 3.05) is 20.1 Å². The summed E-state index contributed by atoms with van der Waals surface area (Å²) in [6, 6.07) is 7.78. The lowest BCUT2D eigenvalue weighted by Gasteiger charge is -2.40. The van der Waals surface area contributed by atoms with Crippen molar-refractivity contribution in [3.8, 4) is 0 Å². The molecular weight excluding hydrogens is 318 g/mol. The quantitative estimate of drug-likeness (QED) is 0.787. The summed E-state index contributed by atoms with van der Waals surface area (Å²) in [4.78, 5) is 26.1. The van der Waals surface area contributed by atoms with Crippen molar-refractivity contribution in [1.29, 1.82) is 0 Å². The van der Waals surface area contributed by atoms with Crippen LogP contribution < -0.4 is 0 Å². The number of rotatable bonds is 6. The standard InChI is InChI=1S/C20H29NO4/c1-5-17(22)20(9-11-21(4)12-10-20)16-8-6-7-15(13-16)18(14(2)3)25-19(23)24/h6-8,13-14,18H,5,9-12H2,1-4H3,(H,23,24). The lowest BCUT2D eigenvalue weighted by molar-refractivity contribution is -0.126. The second-order valence-corrected chi connectivity index (χ2v) is 7.34. The lowest BCUT2D eigenvalue weighted by atomic mass is 9.68. The number of ketones is 1. The molecule has 138 valence electrons. The third kappa shape index (κ3) is 4.21. The number of likely N-dealkylation sites (tertiary alicyclic amines) is 1. The maximum absolute atomic E-state index is 12.8. The molecule has 0 bridgehead atoms. The topological polar surface area (TPSA) is 66.8 Å².